The smallest absolute Gasteiger partial charge is 0.274 e. The van der Waals surface area contributed by atoms with Gasteiger partial charge in [-0.05, 0) is 44.0 Å². The fourth-order valence-corrected chi connectivity index (χ4v) is 3.94. The molecule has 11 nitrogen and oxygen atoms in total. The van der Waals surface area contributed by atoms with Gasteiger partial charge >= 0.3 is 0 Å². The van der Waals surface area contributed by atoms with Crippen LogP contribution in [0.4, 0.5) is 0 Å². The van der Waals surface area contributed by atoms with E-state index in [-0.39, 0.29) is 25.3 Å². The first-order chi connectivity index (χ1) is 18.5. The molecule has 0 saturated heterocycles. The number of aryl methyl sites for hydroxylation is 1. The quantitative estimate of drug-likeness (QED) is 0.292. The summed E-state index contributed by atoms with van der Waals surface area (Å²) >= 11 is 0. The third kappa shape index (κ3) is 8.64. The first-order valence-electron chi connectivity index (χ1n) is 12.6. The predicted octanol–water partition coefficient (Wildman–Crippen LogP) is 1.99. The third-order valence-corrected chi connectivity index (χ3v) is 5.69. The van der Waals surface area contributed by atoms with Gasteiger partial charge in [0.1, 0.15) is 17.8 Å². The Morgan fingerprint density at radius 2 is 1.69 bits per heavy atom. The molecule has 11 heteroatoms. The van der Waals surface area contributed by atoms with Crippen LogP contribution in [-0.2, 0) is 25.7 Å². The van der Waals surface area contributed by atoms with Gasteiger partial charge in [-0.25, -0.2) is 0 Å². The summed E-state index contributed by atoms with van der Waals surface area (Å²) in [5, 5.41) is 16.4. The molecule has 1 aromatic heterocycles. The molecule has 39 heavy (non-hydrogen) atoms. The Bertz CT molecular complexity index is 1320. The van der Waals surface area contributed by atoms with Crippen LogP contribution in [-0.4, -0.2) is 60.1 Å². The molecule has 0 aliphatic heterocycles. The minimum absolute atomic E-state index is 0.0391. The van der Waals surface area contributed by atoms with Crippen LogP contribution in [0.3, 0.4) is 0 Å². The summed E-state index contributed by atoms with van der Waals surface area (Å²) in [4.78, 5) is 51.7. The van der Waals surface area contributed by atoms with E-state index in [1.807, 2.05) is 42.5 Å². The molecule has 2 atom stereocenters. The largest absolute Gasteiger partial charge is 0.382 e. The molecule has 4 N–H and O–H groups in total. The van der Waals surface area contributed by atoms with Crippen molar-refractivity contribution in [3.8, 4) is 0 Å². The second-order valence-electron chi connectivity index (χ2n) is 10.2. The molecule has 2 unspecified atom stereocenters. The second kappa shape index (κ2) is 13.0. The molecule has 1 heterocycles. The van der Waals surface area contributed by atoms with Gasteiger partial charge in [0.05, 0.1) is 13.0 Å². The number of methoxy groups -OCH3 is 1. The van der Waals surface area contributed by atoms with Crippen LogP contribution in [0, 0.1) is 6.92 Å². The average molecular weight is 538 g/mol. The van der Waals surface area contributed by atoms with Gasteiger partial charge in [-0.1, -0.05) is 47.6 Å². The molecule has 3 rings (SSSR count). The van der Waals surface area contributed by atoms with Crippen LogP contribution in [0.5, 0.6) is 0 Å². The number of carbonyl (C=O) groups excluding carboxylic acids is 4. The molecular formula is C28H35N5O6. The predicted molar refractivity (Wildman–Crippen MR) is 145 cm³/mol. The van der Waals surface area contributed by atoms with Crippen molar-refractivity contribution in [1.29, 1.82) is 0 Å². The molecule has 0 fully saturated rings. The van der Waals surface area contributed by atoms with Crippen molar-refractivity contribution in [2.24, 2.45) is 0 Å². The Morgan fingerprint density at radius 1 is 0.974 bits per heavy atom. The van der Waals surface area contributed by atoms with E-state index in [0.29, 0.717) is 5.76 Å². The molecule has 0 saturated carbocycles. The lowest BCUT2D eigenvalue weighted by Crippen LogP contribution is -2.56. The van der Waals surface area contributed by atoms with E-state index in [0.717, 1.165) is 16.3 Å². The number of ether oxygens (including phenoxy) is 1. The van der Waals surface area contributed by atoms with Crippen LogP contribution < -0.4 is 21.3 Å². The number of nitrogens with one attached hydrogen (secondary N) is 4. The van der Waals surface area contributed by atoms with Gasteiger partial charge in [0.25, 0.3) is 5.91 Å². The fraction of sp³-hybridized carbons (Fsp3) is 0.393. The summed E-state index contributed by atoms with van der Waals surface area (Å²) in [6, 6.07) is 12.7. The second-order valence-corrected chi connectivity index (χ2v) is 10.2. The summed E-state index contributed by atoms with van der Waals surface area (Å²) in [5.74, 6) is -1.94. The molecule has 0 aliphatic carbocycles. The van der Waals surface area contributed by atoms with Crippen LogP contribution >= 0.6 is 0 Å². The maximum absolute atomic E-state index is 13.3. The standard InChI is InChI=1S/C28H35N5O6/c1-17-13-22(33-39-17)27(37)30-21(14-24(34)32-28(2,3)4)26(36)31-23(16-38-5)25(35)29-15-19-11-8-10-18-9-6-7-12-20(18)19/h6-13,21,23H,14-16H2,1-5H3,(H,29,35)(H,30,37)(H,31,36)(H,32,34). The number of hydrogen-bond donors (Lipinski definition) is 4. The summed E-state index contributed by atoms with van der Waals surface area (Å²) in [6.07, 6.45) is -0.358. The van der Waals surface area contributed by atoms with Crippen molar-refractivity contribution in [1.82, 2.24) is 26.4 Å². The van der Waals surface area contributed by atoms with Crippen molar-refractivity contribution in [3.05, 3.63) is 65.5 Å². The number of fused-ring (bicyclic) bond motifs is 1. The Balaban J connectivity index is 1.72. The monoisotopic (exact) mass is 537 g/mol. The molecule has 3 aromatic rings. The fourth-order valence-electron chi connectivity index (χ4n) is 3.94. The molecule has 4 amide bonds. The van der Waals surface area contributed by atoms with Gasteiger partial charge in [-0.15, -0.1) is 0 Å². The van der Waals surface area contributed by atoms with Crippen molar-refractivity contribution in [2.45, 2.75) is 58.3 Å². The summed E-state index contributed by atoms with van der Waals surface area (Å²) in [7, 11) is 1.40. The first kappa shape index (κ1) is 29.3. The van der Waals surface area contributed by atoms with Crippen LogP contribution in [0.1, 0.15) is 49.0 Å². The van der Waals surface area contributed by atoms with Crippen LogP contribution in [0.2, 0.25) is 0 Å². The van der Waals surface area contributed by atoms with E-state index in [9.17, 15) is 19.2 Å². The lowest BCUT2D eigenvalue weighted by Gasteiger charge is -2.25. The van der Waals surface area contributed by atoms with Crippen molar-refractivity contribution < 1.29 is 28.4 Å². The number of aromatic nitrogens is 1. The molecule has 0 aliphatic rings. The lowest BCUT2D eigenvalue weighted by atomic mass is 10.0. The highest BCUT2D eigenvalue weighted by atomic mass is 16.5. The van der Waals surface area contributed by atoms with Crippen LogP contribution in [0.15, 0.2) is 53.1 Å². The SMILES string of the molecule is COCC(NC(=O)C(CC(=O)NC(C)(C)C)NC(=O)c1cc(C)on1)C(=O)NCc1cccc2ccccc12. The summed E-state index contributed by atoms with van der Waals surface area (Å²) in [6.45, 7) is 7.13. The van der Waals surface area contributed by atoms with Crippen molar-refractivity contribution >= 4 is 34.4 Å². The van der Waals surface area contributed by atoms with Gasteiger partial charge in [0.15, 0.2) is 5.69 Å². The van der Waals surface area contributed by atoms with Gasteiger partial charge in [-0.2, -0.15) is 0 Å². The highest BCUT2D eigenvalue weighted by Crippen LogP contribution is 2.18. The van der Waals surface area contributed by atoms with Gasteiger partial charge in [-0.3, -0.25) is 19.2 Å². The zero-order valence-corrected chi connectivity index (χ0v) is 22.8. The zero-order valence-electron chi connectivity index (χ0n) is 22.8. The number of rotatable bonds is 11. The van der Waals surface area contributed by atoms with Gasteiger partial charge in [0, 0.05) is 25.3 Å². The third-order valence-electron chi connectivity index (χ3n) is 5.69. The molecule has 0 radical (unpaired) electrons. The summed E-state index contributed by atoms with van der Waals surface area (Å²) in [5.41, 5.74) is 0.324. The van der Waals surface area contributed by atoms with Gasteiger partial charge in [0.2, 0.25) is 17.7 Å². The van der Waals surface area contributed by atoms with E-state index >= 15 is 0 Å². The number of nitrogens with zero attached hydrogens (tertiary/aromatic N) is 1. The van der Waals surface area contributed by atoms with Crippen molar-refractivity contribution in [3.63, 3.8) is 0 Å². The molecule has 0 spiro atoms. The maximum Gasteiger partial charge on any atom is 0.274 e. The molecule has 2 aromatic carbocycles. The Kier molecular flexibility index (Phi) is 9.78. The Morgan fingerprint density at radius 3 is 2.36 bits per heavy atom. The lowest BCUT2D eigenvalue weighted by molar-refractivity contribution is -0.132. The van der Waals surface area contributed by atoms with Crippen LogP contribution in [0.25, 0.3) is 10.8 Å². The molecule has 0 bridgehead atoms. The van der Waals surface area contributed by atoms with E-state index in [2.05, 4.69) is 26.4 Å². The minimum Gasteiger partial charge on any atom is -0.382 e. The number of carbonyl (C=O) groups is 4. The highest BCUT2D eigenvalue weighted by Gasteiger charge is 2.30. The van der Waals surface area contributed by atoms with Gasteiger partial charge < -0.3 is 30.5 Å². The number of amides is 4. The maximum atomic E-state index is 13.3. The van der Waals surface area contributed by atoms with E-state index in [1.54, 1.807) is 27.7 Å². The number of benzene rings is 2. The normalized spacial score (nSPS) is 12.8. The Hall–Kier alpha value is -4.25. The molecular weight excluding hydrogens is 502 g/mol. The van der Waals surface area contributed by atoms with E-state index in [1.165, 1.54) is 13.2 Å². The summed E-state index contributed by atoms with van der Waals surface area (Å²) < 4.78 is 10.1. The van der Waals surface area contributed by atoms with Crippen molar-refractivity contribution in [2.75, 3.05) is 13.7 Å². The molecule has 208 valence electrons. The van der Waals surface area contributed by atoms with E-state index in [4.69, 9.17) is 9.26 Å². The average Bonchev–Trinajstić information content (AvgIpc) is 3.31. The topological polar surface area (TPSA) is 152 Å². The van der Waals surface area contributed by atoms with E-state index < -0.39 is 41.3 Å². The zero-order chi connectivity index (χ0) is 28.6. The highest BCUT2D eigenvalue weighted by molar-refractivity contribution is 5.99. The minimum atomic E-state index is -1.29. The Labute approximate surface area is 227 Å². The number of hydrogen-bond acceptors (Lipinski definition) is 7. The first-order valence-corrected chi connectivity index (χ1v) is 12.6.